The van der Waals surface area contributed by atoms with Gasteiger partial charge in [0.05, 0.1) is 9.90 Å². The Morgan fingerprint density at radius 3 is 2.47 bits per heavy atom. The summed E-state index contributed by atoms with van der Waals surface area (Å²) in [5.74, 6) is 0. The van der Waals surface area contributed by atoms with Crippen LogP contribution < -0.4 is 0 Å². The van der Waals surface area contributed by atoms with Crippen LogP contribution in [0.2, 0.25) is 10.0 Å². The molecule has 0 amide bonds. The maximum atomic E-state index is 10.5. The number of hydrogen-bond donors (Lipinski definition) is 0. The summed E-state index contributed by atoms with van der Waals surface area (Å²) in [6, 6.07) is 7.00. The molecule has 0 N–H and O–H groups in total. The van der Waals surface area contributed by atoms with E-state index in [1.54, 1.807) is 12.1 Å². The first-order chi connectivity index (χ1) is 7.22. The van der Waals surface area contributed by atoms with E-state index in [-0.39, 0.29) is 0 Å². The Morgan fingerprint density at radius 2 is 1.93 bits per heavy atom. The van der Waals surface area contributed by atoms with Crippen molar-refractivity contribution in [2.45, 2.75) is 0 Å². The van der Waals surface area contributed by atoms with E-state index >= 15 is 0 Å². The molecule has 0 aliphatic carbocycles. The predicted octanol–water partition coefficient (Wildman–Crippen LogP) is 4.53. The average molecular weight is 257 g/mol. The van der Waals surface area contributed by atoms with Crippen molar-refractivity contribution < 1.29 is 4.79 Å². The van der Waals surface area contributed by atoms with Gasteiger partial charge in [0.1, 0.15) is 6.29 Å². The Labute approximate surface area is 101 Å². The van der Waals surface area contributed by atoms with Crippen LogP contribution in [-0.4, -0.2) is 6.29 Å². The van der Waals surface area contributed by atoms with Crippen LogP contribution in [0.3, 0.4) is 0 Å². The standard InChI is InChI=1S/C11H6Cl2OS/c12-9-3-4-15-11(9)8-2-1-7(6-14)5-10(8)13/h1-6H. The van der Waals surface area contributed by atoms with Crippen molar-refractivity contribution in [3.63, 3.8) is 0 Å². The molecule has 0 atom stereocenters. The van der Waals surface area contributed by atoms with Gasteiger partial charge in [0.2, 0.25) is 0 Å². The molecule has 4 heteroatoms. The first-order valence-corrected chi connectivity index (χ1v) is 5.84. The third kappa shape index (κ3) is 2.07. The van der Waals surface area contributed by atoms with E-state index < -0.39 is 0 Å². The number of aldehydes is 1. The van der Waals surface area contributed by atoms with E-state index in [9.17, 15) is 4.79 Å². The summed E-state index contributed by atoms with van der Waals surface area (Å²) >= 11 is 13.6. The van der Waals surface area contributed by atoms with Gasteiger partial charge in [0.15, 0.2) is 0 Å². The number of benzene rings is 1. The minimum absolute atomic E-state index is 0.545. The van der Waals surface area contributed by atoms with E-state index in [1.165, 1.54) is 11.3 Å². The van der Waals surface area contributed by atoms with E-state index in [2.05, 4.69) is 0 Å². The minimum Gasteiger partial charge on any atom is -0.298 e. The molecular weight excluding hydrogens is 251 g/mol. The summed E-state index contributed by atoms with van der Waals surface area (Å²) in [7, 11) is 0. The third-order valence-electron chi connectivity index (χ3n) is 1.99. The third-order valence-corrected chi connectivity index (χ3v) is 3.68. The molecule has 1 heterocycles. The lowest BCUT2D eigenvalue weighted by molar-refractivity contribution is 0.112. The van der Waals surface area contributed by atoms with Crippen molar-refractivity contribution in [2.75, 3.05) is 0 Å². The van der Waals surface area contributed by atoms with E-state index in [1.807, 2.05) is 17.5 Å². The van der Waals surface area contributed by atoms with Crippen LogP contribution in [0.15, 0.2) is 29.6 Å². The molecular formula is C11H6Cl2OS. The summed E-state index contributed by atoms with van der Waals surface area (Å²) in [6.07, 6.45) is 0.770. The Bertz CT molecular complexity index is 505. The largest absolute Gasteiger partial charge is 0.298 e. The molecule has 2 rings (SSSR count). The monoisotopic (exact) mass is 256 g/mol. The molecule has 76 valence electrons. The number of hydrogen-bond acceptors (Lipinski definition) is 2. The molecule has 0 aliphatic rings. The lowest BCUT2D eigenvalue weighted by Crippen LogP contribution is -1.82. The summed E-state index contributed by atoms with van der Waals surface area (Å²) in [5, 5.41) is 3.13. The molecule has 15 heavy (non-hydrogen) atoms. The fourth-order valence-electron chi connectivity index (χ4n) is 1.27. The van der Waals surface area contributed by atoms with Crippen LogP contribution in [0, 0.1) is 0 Å². The lowest BCUT2D eigenvalue weighted by atomic mass is 10.1. The smallest absolute Gasteiger partial charge is 0.150 e. The number of thiophene rings is 1. The normalized spacial score (nSPS) is 10.3. The zero-order valence-electron chi connectivity index (χ0n) is 7.54. The zero-order valence-corrected chi connectivity index (χ0v) is 9.86. The highest BCUT2D eigenvalue weighted by Gasteiger charge is 2.09. The van der Waals surface area contributed by atoms with Crippen LogP contribution in [0.4, 0.5) is 0 Å². The molecule has 0 fully saturated rings. The van der Waals surface area contributed by atoms with Crippen molar-refractivity contribution in [2.24, 2.45) is 0 Å². The number of halogens is 2. The van der Waals surface area contributed by atoms with Crippen LogP contribution in [-0.2, 0) is 0 Å². The maximum Gasteiger partial charge on any atom is 0.150 e. The molecule has 1 nitrogen and oxygen atoms in total. The van der Waals surface area contributed by atoms with Gasteiger partial charge in [-0.2, -0.15) is 0 Å². The van der Waals surface area contributed by atoms with Crippen LogP contribution in [0.25, 0.3) is 10.4 Å². The Hall–Kier alpha value is -0.830. The summed E-state index contributed by atoms with van der Waals surface area (Å²) in [4.78, 5) is 11.5. The summed E-state index contributed by atoms with van der Waals surface area (Å²) in [6.45, 7) is 0. The van der Waals surface area contributed by atoms with E-state index in [0.29, 0.717) is 15.6 Å². The van der Waals surface area contributed by atoms with Crippen LogP contribution >= 0.6 is 34.5 Å². The van der Waals surface area contributed by atoms with Crippen LogP contribution in [0.5, 0.6) is 0 Å². The molecule has 0 unspecified atom stereocenters. The highest BCUT2D eigenvalue weighted by Crippen LogP contribution is 2.37. The predicted molar refractivity (Wildman–Crippen MR) is 65.2 cm³/mol. The number of carbonyl (C=O) groups excluding carboxylic acids is 1. The van der Waals surface area contributed by atoms with Gasteiger partial charge in [-0.05, 0) is 17.5 Å². The Kier molecular flexibility index (Phi) is 3.10. The van der Waals surface area contributed by atoms with Gasteiger partial charge in [-0.15, -0.1) is 11.3 Å². The van der Waals surface area contributed by atoms with Gasteiger partial charge in [-0.3, -0.25) is 4.79 Å². The number of rotatable bonds is 2. The molecule has 0 radical (unpaired) electrons. The molecule has 0 aliphatic heterocycles. The average Bonchev–Trinajstić information content (AvgIpc) is 2.64. The first-order valence-electron chi connectivity index (χ1n) is 4.20. The molecule has 2 aromatic rings. The van der Waals surface area contributed by atoms with Crippen LogP contribution in [0.1, 0.15) is 10.4 Å². The van der Waals surface area contributed by atoms with Crippen molar-refractivity contribution in [1.29, 1.82) is 0 Å². The molecule has 0 bridgehead atoms. The Morgan fingerprint density at radius 1 is 1.13 bits per heavy atom. The molecule has 0 saturated heterocycles. The highest BCUT2D eigenvalue weighted by atomic mass is 35.5. The van der Waals surface area contributed by atoms with Crippen molar-refractivity contribution >= 4 is 40.8 Å². The lowest BCUT2D eigenvalue weighted by Gasteiger charge is -2.02. The zero-order chi connectivity index (χ0) is 10.8. The molecule has 1 aromatic carbocycles. The SMILES string of the molecule is O=Cc1ccc(-c2sccc2Cl)c(Cl)c1. The quantitative estimate of drug-likeness (QED) is 0.722. The van der Waals surface area contributed by atoms with Gasteiger partial charge >= 0.3 is 0 Å². The van der Waals surface area contributed by atoms with Gasteiger partial charge in [0, 0.05) is 16.1 Å². The molecule has 0 spiro atoms. The Balaban J connectivity index is 2.55. The van der Waals surface area contributed by atoms with Crippen molar-refractivity contribution in [1.82, 2.24) is 0 Å². The first kappa shape index (κ1) is 10.7. The van der Waals surface area contributed by atoms with Gasteiger partial charge in [-0.1, -0.05) is 35.3 Å². The number of carbonyl (C=O) groups is 1. The summed E-state index contributed by atoms with van der Waals surface area (Å²) < 4.78 is 0. The van der Waals surface area contributed by atoms with E-state index in [4.69, 9.17) is 23.2 Å². The minimum atomic E-state index is 0.545. The molecule has 1 aromatic heterocycles. The second kappa shape index (κ2) is 4.35. The van der Waals surface area contributed by atoms with Gasteiger partial charge in [0.25, 0.3) is 0 Å². The second-order valence-corrected chi connectivity index (χ2v) is 4.69. The van der Waals surface area contributed by atoms with E-state index in [0.717, 1.165) is 16.7 Å². The summed E-state index contributed by atoms with van der Waals surface area (Å²) in [5.41, 5.74) is 1.43. The van der Waals surface area contributed by atoms with Gasteiger partial charge in [-0.25, -0.2) is 0 Å². The van der Waals surface area contributed by atoms with Crippen molar-refractivity contribution in [3.05, 3.63) is 45.3 Å². The fraction of sp³-hybridized carbons (Fsp3) is 0. The van der Waals surface area contributed by atoms with Gasteiger partial charge < -0.3 is 0 Å². The topological polar surface area (TPSA) is 17.1 Å². The second-order valence-electron chi connectivity index (χ2n) is 2.95. The highest BCUT2D eigenvalue weighted by molar-refractivity contribution is 7.14. The van der Waals surface area contributed by atoms with Crippen molar-refractivity contribution in [3.8, 4) is 10.4 Å². The maximum absolute atomic E-state index is 10.5. The molecule has 0 saturated carbocycles. The fourth-order valence-corrected chi connectivity index (χ4v) is 2.81.